The first-order chi connectivity index (χ1) is 8.15. The fraction of sp³-hybridized carbons (Fsp3) is 0.154. The van der Waals surface area contributed by atoms with E-state index in [4.69, 9.17) is 12.2 Å². The molecule has 0 bridgehead atoms. The number of hydrogen-bond acceptors (Lipinski definition) is 2. The Balaban J connectivity index is 2.59. The molecule has 2 N–H and O–H groups in total. The fourth-order valence-corrected chi connectivity index (χ4v) is 2.20. The number of rotatable bonds is 2. The van der Waals surface area contributed by atoms with Crippen molar-refractivity contribution < 1.29 is 0 Å². The Hall–Kier alpha value is -1.73. The number of aryl methyl sites for hydroxylation is 1. The third-order valence-electron chi connectivity index (χ3n) is 2.58. The molecule has 86 valence electrons. The normalized spacial score (nSPS) is 10.2. The maximum Gasteiger partial charge on any atom is 0.132 e. The lowest BCUT2D eigenvalue weighted by atomic mass is 10.1. The Bertz CT molecular complexity index is 593. The summed E-state index contributed by atoms with van der Waals surface area (Å²) >= 11 is 3.49. The second-order valence-electron chi connectivity index (χ2n) is 3.66. The van der Waals surface area contributed by atoms with Crippen molar-refractivity contribution in [1.82, 2.24) is 9.55 Å². The van der Waals surface area contributed by atoms with Gasteiger partial charge >= 0.3 is 0 Å². The molecule has 4 heteroatoms. The lowest BCUT2D eigenvalue weighted by Gasteiger charge is -2.04. The van der Waals surface area contributed by atoms with Crippen LogP contribution in [0.5, 0.6) is 0 Å². The van der Waals surface area contributed by atoms with Crippen molar-refractivity contribution in [3.63, 3.8) is 0 Å². The lowest BCUT2D eigenvalue weighted by Crippen LogP contribution is -2.03. The van der Waals surface area contributed by atoms with Gasteiger partial charge in [-0.15, -0.1) is 6.42 Å². The van der Waals surface area contributed by atoms with E-state index in [1.165, 1.54) is 0 Å². The van der Waals surface area contributed by atoms with Gasteiger partial charge in [-0.25, -0.2) is 4.98 Å². The van der Waals surface area contributed by atoms with Crippen molar-refractivity contribution in [3.05, 3.63) is 34.6 Å². The smallest absolute Gasteiger partial charge is 0.132 e. The summed E-state index contributed by atoms with van der Waals surface area (Å²) < 4.78 is 2.80. The SMILES string of the molecule is C#CCn1c(C)nc(-c2ccccc2Br)c1N. The summed E-state index contributed by atoms with van der Waals surface area (Å²) in [6.07, 6.45) is 5.31. The summed E-state index contributed by atoms with van der Waals surface area (Å²) in [6, 6.07) is 7.84. The largest absolute Gasteiger partial charge is 0.383 e. The van der Waals surface area contributed by atoms with Crippen molar-refractivity contribution in [1.29, 1.82) is 0 Å². The number of benzene rings is 1. The van der Waals surface area contributed by atoms with Crippen LogP contribution in [-0.4, -0.2) is 9.55 Å². The fourth-order valence-electron chi connectivity index (χ4n) is 1.72. The van der Waals surface area contributed by atoms with Crippen LogP contribution in [0.4, 0.5) is 5.82 Å². The molecule has 0 radical (unpaired) electrons. The van der Waals surface area contributed by atoms with E-state index < -0.39 is 0 Å². The number of hydrogen-bond donors (Lipinski definition) is 1. The predicted molar refractivity (Wildman–Crippen MR) is 73.3 cm³/mol. The summed E-state index contributed by atoms with van der Waals surface area (Å²) in [7, 11) is 0. The van der Waals surface area contributed by atoms with E-state index in [0.29, 0.717) is 12.4 Å². The number of halogens is 1. The molecule has 2 rings (SSSR count). The second-order valence-corrected chi connectivity index (χ2v) is 4.52. The molecule has 0 fully saturated rings. The van der Waals surface area contributed by atoms with Crippen molar-refractivity contribution in [3.8, 4) is 23.6 Å². The number of nitrogens with two attached hydrogens (primary N) is 1. The minimum Gasteiger partial charge on any atom is -0.383 e. The topological polar surface area (TPSA) is 43.8 Å². The number of anilines is 1. The highest BCUT2D eigenvalue weighted by atomic mass is 79.9. The van der Waals surface area contributed by atoms with Gasteiger partial charge in [0.15, 0.2) is 0 Å². The first-order valence-corrected chi connectivity index (χ1v) is 5.95. The van der Waals surface area contributed by atoms with Gasteiger partial charge in [0.05, 0.1) is 6.54 Å². The molecule has 0 saturated carbocycles. The monoisotopic (exact) mass is 289 g/mol. The van der Waals surface area contributed by atoms with Crippen LogP contribution in [0.25, 0.3) is 11.3 Å². The molecule has 1 heterocycles. The second kappa shape index (κ2) is 4.64. The molecule has 0 unspecified atom stereocenters. The Kier molecular flexibility index (Phi) is 3.21. The van der Waals surface area contributed by atoms with Crippen LogP contribution in [0.1, 0.15) is 5.82 Å². The van der Waals surface area contributed by atoms with E-state index in [2.05, 4.69) is 26.8 Å². The number of nitrogen functional groups attached to an aromatic ring is 1. The van der Waals surface area contributed by atoms with Gasteiger partial charge in [-0.3, -0.25) is 0 Å². The molecule has 17 heavy (non-hydrogen) atoms. The van der Waals surface area contributed by atoms with E-state index in [0.717, 1.165) is 21.6 Å². The van der Waals surface area contributed by atoms with Crippen LogP contribution in [0.15, 0.2) is 28.7 Å². The van der Waals surface area contributed by atoms with Crippen molar-refractivity contribution >= 4 is 21.7 Å². The summed E-state index contributed by atoms with van der Waals surface area (Å²) in [5, 5.41) is 0. The van der Waals surface area contributed by atoms with Gasteiger partial charge in [-0.1, -0.05) is 40.0 Å². The number of terminal acetylenes is 1. The van der Waals surface area contributed by atoms with Crippen LogP contribution >= 0.6 is 15.9 Å². The van der Waals surface area contributed by atoms with E-state index in [1.54, 1.807) is 0 Å². The Morgan fingerprint density at radius 1 is 1.47 bits per heavy atom. The number of nitrogens with zero attached hydrogens (tertiary/aromatic N) is 2. The van der Waals surface area contributed by atoms with Gasteiger partial charge in [-0.2, -0.15) is 0 Å². The molecule has 0 atom stereocenters. The highest BCUT2D eigenvalue weighted by molar-refractivity contribution is 9.10. The van der Waals surface area contributed by atoms with Crippen LogP contribution in [-0.2, 0) is 6.54 Å². The van der Waals surface area contributed by atoms with Crippen molar-refractivity contribution in [2.75, 3.05) is 5.73 Å². The Labute approximate surface area is 109 Å². The molecule has 0 aliphatic rings. The van der Waals surface area contributed by atoms with Gasteiger partial charge in [0.2, 0.25) is 0 Å². The van der Waals surface area contributed by atoms with E-state index in [9.17, 15) is 0 Å². The van der Waals surface area contributed by atoms with Gasteiger partial charge in [0.25, 0.3) is 0 Å². The summed E-state index contributed by atoms with van der Waals surface area (Å²) in [4.78, 5) is 4.47. The molecule has 0 aliphatic heterocycles. The Morgan fingerprint density at radius 3 is 2.82 bits per heavy atom. The van der Waals surface area contributed by atoms with Gasteiger partial charge in [-0.05, 0) is 13.0 Å². The van der Waals surface area contributed by atoms with Crippen molar-refractivity contribution in [2.45, 2.75) is 13.5 Å². The molecule has 0 spiro atoms. The molecule has 1 aromatic heterocycles. The number of aromatic nitrogens is 2. The molecule has 0 amide bonds. The van der Waals surface area contributed by atoms with E-state index in [-0.39, 0.29) is 0 Å². The lowest BCUT2D eigenvalue weighted by molar-refractivity contribution is 0.807. The van der Waals surface area contributed by atoms with Crippen LogP contribution in [0.3, 0.4) is 0 Å². The third kappa shape index (κ3) is 2.06. The molecule has 0 aliphatic carbocycles. The average Bonchev–Trinajstić information content (AvgIpc) is 2.58. The van der Waals surface area contributed by atoms with Crippen LogP contribution < -0.4 is 5.73 Å². The molecular formula is C13H12BrN3. The van der Waals surface area contributed by atoms with Gasteiger partial charge in [0, 0.05) is 10.0 Å². The highest BCUT2D eigenvalue weighted by Gasteiger charge is 2.14. The minimum atomic E-state index is 0.440. The van der Waals surface area contributed by atoms with E-state index in [1.807, 2.05) is 35.8 Å². The Morgan fingerprint density at radius 2 is 2.18 bits per heavy atom. The summed E-state index contributed by atoms with van der Waals surface area (Å²) in [5.74, 6) is 4.01. The zero-order chi connectivity index (χ0) is 12.4. The summed E-state index contributed by atoms with van der Waals surface area (Å²) in [6.45, 7) is 2.34. The maximum absolute atomic E-state index is 6.08. The minimum absolute atomic E-state index is 0.440. The quantitative estimate of drug-likeness (QED) is 0.864. The standard InChI is InChI=1S/C13H12BrN3/c1-3-8-17-9(2)16-12(13(17)15)10-6-4-5-7-11(10)14/h1,4-7H,8,15H2,2H3. The van der Waals surface area contributed by atoms with E-state index >= 15 is 0 Å². The maximum atomic E-state index is 6.08. The van der Waals surface area contributed by atoms with Crippen molar-refractivity contribution in [2.24, 2.45) is 0 Å². The highest BCUT2D eigenvalue weighted by Crippen LogP contribution is 2.31. The molecule has 0 saturated heterocycles. The molecule has 2 aromatic rings. The molecule has 1 aromatic carbocycles. The van der Waals surface area contributed by atoms with Crippen LogP contribution in [0.2, 0.25) is 0 Å². The first-order valence-electron chi connectivity index (χ1n) is 5.16. The summed E-state index contributed by atoms with van der Waals surface area (Å²) in [5.41, 5.74) is 7.82. The van der Waals surface area contributed by atoms with Crippen LogP contribution in [0, 0.1) is 19.3 Å². The first kappa shape index (κ1) is 11.7. The number of imidazole rings is 1. The van der Waals surface area contributed by atoms with Gasteiger partial charge in [0.1, 0.15) is 17.3 Å². The zero-order valence-corrected chi connectivity index (χ0v) is 11.0. The molecule has 3 nitrogen and oxygen atoms in total. The molecular weight excluding hydrogens is 278 g/mol. The van der Waals surface area contributed by atoms with Gasteiger partial charge < -0.3 is 10.3 Å². The average molecular weight is 290 g/mol. The zero-order valence-electron chi connectivity index (χ0n) is 9.44. The third-order valence-corrected chi connectivity index (χ3v) is 3.27. The predicted octanol–water partition coefficient (Wildman–Crippen LogP) is 2.84.